The maximum Gasteiger partial charge on any atom is 0.223 e. The summed E-state index contributed by atoms with van der Waals surface area (Å²) in [4.78, 5) is 16.0. The third kappa shape index (κ3) is 6.40. The average molecular weight is 466 g/mol. The fraction of sp³-hybridized carbons (Fsp3) is 0.600. The molecule has 0 spiro atoms. The SMILES string of the molecule is CC(C)(O)C(C)(C)O.[B]c1ccc2c(c1)CN(c1cc(N3CCN(C)CC3)nc(N)n1)C(C)C2. The van der Waals surface area contributed by atoms with Crippen LogP contribution in [0.5, 0.6) is 0 Å². The summed E-state index contributed by atoms with van der Waals surface area (Å²) in [5, 5.41) is 18.2. The summed E-state index contributed by atoms with van der Waals surface area (Å²) in [6.45, 7) is 13.3. The molecule has 0 aliphatic carbocycles. The van der Waals surface area contributed by atoms with Crippen LogP contribution in [-0.2, 0) is 13.0 Å². The normalized spacial score (nSPS) is 19.4. The minimum absolute atomic E-state index is 0.335. The predicted molar refractivity (Wildman–Crippen MR) is 140 cm³/mol. The standard InChI is InChI=1S/C19H25BN6.C6H14O2/c1-13-9-14-3-4-16(20)10-15(14)12-26(13)18-11-17(22-19(21)23-18)25-7-5-24(2)6-8-25;1-5(2,7)6(3,4)8/h3-4,10-11,13H,5-9,12H2,1-2H3,(H2,21,22,23);7-8H,1-4H3. The molecule has 2 aliphatic heterocycles. The fourth-order valence-corrected chi connectivity index (χ4v) is 3.85. The maximum atomic E-state index is 9.10. The van der Waals surface area contributed by atoms with E-state index in [1.807, 2.05) is 6.07 Å². The molecule has 1 fully saturated rings. The lowest BCUT2D eigenvalue weighted by Gasteiger charge is -2.37. The van der Waals surface area contributed by atoms with Gasteiger partial charge in [0.1, 0.15) is 19.5 Å². The number of likely N-dealkylation sites (N-methyl/N-ethyl adjacent to an activating group) is 1. The number of hydrogen-bond acceptors (Lipinski definition) is 8. The van der Waals surface area contributed by atoms with Crippen molar-refractivity contribution in [3.05, 3.63) is 35.4 Å². The molecule has 2 aromatic rings. The van der Waals surface area contributed by atoms with Crippen LogP contribution in [0.4, 0.5) is 17.6 Å². The molecule has 8 nitrogen and oxygen atoms in total. The van der Waals surface area contributed by atoms with E-state index in [4.69, 9.17) is 23.8 Å². The number of aromatic nitrogens is 2. The van der Waals surface area contributed by atoms with Crippen molar-refractivity contribution < 1.29 is 10.2 Å². The van der Waals surface area contributed by atoms with Crippen molar-refractivity contribution in [1.82, 2.24) is 14.9 Å². The number of nitrogens with zero attached hydrogens (tertiary/aromatic N) is 5. The van der Waals surface area contributed by atoms with Crippen LogP contribution in [0, 0.1) is 0 Å². The molecule has 0 bridgehead atoms. The molecular weight excluding hydrogens is 427 g/mol. The Balaban J connectivity index is 0.000000350. The fourth-order valence-electron chi connectivity index (χ4n) is 3.85. The number of nitrogens with two attached hydrogens (primary N) is 1. The summed E-state index contributed by atoms with van der Waals surface area (Å²) in [5.74, 6) is 2.15. The Kier molecular flexibility index (Phi) is 7.80. The first kappa shape index (κ1) is 26.3. The third-order valence-electron chi connectivity index (χ3n) is 6.95. The Labute approximate surface area is 205 Å². The van der Waals surface area contributed by atoms with Gasteiger partial charge in [-0.2, -0.15) is 9.97 Å². The number of anilines is 3. The van der Waals surface area contributed by atoms with Gasteiger partial charge in [0.25, 0.3) is 0 Å². The second-order valence-electron chi connectivity index (χ2n) is 10.6. The molecule has 1 unspecified atom stereocenters. The van der Waals surface area contributed by atoms with Gasteiger partial charge in [-0.25, -0.2) is 0 Å². The van der Waals surface area contributed by atoms with E-state index in [9.17, 15) is 0 Å². The topological polar surface area (TPSA) is 102 Å². The molecule has 0 amide bonds. The molecule has 2 radical (unpaired) electrons. The van der Waals surface area contributed by atoms with Crippen LogP contribution in [-0.4, -0.2) is 83.4 Å². The second kappa shape index (κ2) is 10.1. The highest BCUT2D eigenvalue weighted by Gasteiger charge is 2.32. The Hall–Kier alpha value is -2.36. The molecule has 1 aromatic carbocycles. The van der Waals surface area contributed by atoms with Crippen LogP contribution in [0.1, 0.15) is 45.7 Å². The van der Waals surface area contributed by atoms with Gasteiger partial charge in [0, 0.05) is 44.8 Å². The zero-order valence-corrected chi connectivity index (χ0v) is 21.4. The van der Waals surface area contributed by atoms with E-state index in [0.29, 0.717) is 12.0 Å². The molecule has 9 heteroatoms. The number of rotatable bonds is 3. The number of nitrogen functional groups attached to an aromatic ring is 1. The minimum atomic E-state index is -1.01. The van der Waals surface area contributed by atoms with E-state index >= 15 is 0 Å². The van der Waals surface area contributed by atoms with E-state index in [2.05, 4.69) is 56.8 Å². The number of hydrogen-bond donors (Lipinski definition) is 3. The lowest BCUT2D eigenvalue weighted by atomic mass is 9.87. The highest BCUT2D eigenvalue weighted by molar-refractivity contribution is 6.32. The zero-order valence-electron chi connectivity index (χ0n) is 21.4. The van der Waals surface area contributed by atoms with Crippen LogP contribution in [0.3, 0.4) is 0 Å². The van der Waals surface area contributed by atoms with Gasteiger partial charge in [0.05, 0.1) is 11.2 Å². The molecule has 3 heterocycles. The smallest absolute Gasteiger partial charge is 0.223 e. The molecule has 2 aliphatic rings. The highest BCUT2D eigenvalue weighted by atomic mass is 16.3. The van der Waals surface area contributed by atoms with Gasteiger partial charge in [0.2, 0.25) is 5.95 Å². The average Bonchev–Trinajstić information content (AvgIpc) is 2.72. The number of piperazine rings is 1. The van der Waals surface area contributed by atoms with E-state index in [0.717, 1.165) is 56.2 Å². The van der Waals surface area contributed by atoms with E-state index in [1.54, 1.807) is 27.7 Å². The first-order valence-corrected chi connectivity index (χ1v) is 11.9. The van der Waals surface area contributed by atoms with Crippen LogP contribution in [0.25, 0.3) is 0 Å². The summed E-state index contributed by atoms with van der Waals surface area (Å²) >= 11 is 0. The van der Waals surface area contributed by atoms with Gasteiger partial charge >= 0.3 is 0 Å². The first-order chi connectivity index (χ1) is 15.7. The number of benzene rings is 1. The van der Waals surface area contributed by atoms with Gasteiger partial charge in [-0.15, -0.1) is 0 Å². The van der Waals surface area contributed by atoms with Crippen molar-refractivity contribution in [3.8, 4) is 0 Å². The Morgan fingerprint density at radius 3 is 2.12 bits per heavy atom. The molecule has 4 rings (SSSR count). The van der Waals surface area contributed by atoms with Crippen molar-refractivity contribution in [2.75, 3.05) is 48.8 Å². The zero-order chi connectivity index (χ0) is 25.3. The Bertz CT molecular complexity index is 968. The predicted octanol–water partition coefficient (Wildman–Crippen LogP) is 1.08. The largest absolute Gasteiger partial charge is 0.387 e. The molecule has 1 atom stereocenters. The summed E-state index contributed by atoms with van der Waals surface area (Å²) in [7, 11) is 8.13. The van der Waals surface area contributed by atoms with Gasteiger partial charge in [-0.1, -0.05) is 23.7 Å². The van der Waals surface area contributed by atoms with Gasteiger partial charge < -0.3 is 30.6 Å². The molecule has 4 N–H and O–H groups in total. The molecule has 34 heavy (non-hydrogen) atoms. The number of fused-ring (bicyclic) bond motifs is 1. The third-order valence-corrected chi connectivity index (χ3v) is 6.95. The van der Waals surface area contributed by atoms with Crippen LogP contribution < -0.4 is 21.0 Å². The van der Waals surface area contributed by atoms with Gasteiger partial charge in [-0.05, 0) is 59.2 Å². The molecule has 1 saturated heterocycles. The van der Waals surface area contributed by atoms with Crippen molar-refractivity contribution >= 4 is 30.9 Å². The van der Waals surface area contributed by atoms with Crippen molar-refractivity contribution in [2.45, 2.75) is 64.8 Å². The summed E-state index contributed by atoms with van der Waals surface area (Å²) < 4.78 is 0. The van der Waals surface area contributed by atoms with Gasteiger partial charge in [-0.3, -0.25) is 0 Å². The van der Waals surface area contributed by atoms with Crippen molar-refractivity contribution in [1.29, 1.82) is 0 Å². The summed E-state index contributed by atoms with van der Waals surface area (Å²) in [5.41, 5.74) is 7.48. The Morgan fingerprint density at radius 1 is 0.941 bits per heavy atom. The number of aliphatic hydroxyl groups is 2. The molecule has 184 valence electrons. The second-order valence-corrected chi connectivity index (χ2v) is 10.6. The molecule has 1 aromatic heterocycles. The summed E-state index contributed by atoms with van der Waals surface area (Å²) in [6.07, 6.45) is 0.976. The van der Waals surface area contributed by atoms with Crippen LogP contribution >= 0.6 is 0 Å². The van der Waals surface area contributed by atoms with Crippen molar-refractivity contribution in [3.63, 3.8) is 0 Å². The lowest BCUT2D eigenvalue weighted by molar-refractivity contribution is -0.107. The minimum Gasteiger partial charge on any atom is -0.387 e. The van der Waals surface area contributed by atoms with E-state index in [-0.39, 0.29) is 0 Å². The van der Waals surface area contributed by atoms with Crippen LogP contribution in [0.2, 0.25) is 0 Å². The van der Waals surface area contributed by atoms with E-state index < -0.39 is 11.2 Å². The maximum absolute atomic E-state index is 9.10. The highest BCUT2D eigenvalue weighted by Crippen LogP contribution is 2.29. The van der Waals surface area contributed by atoms with E-state index in [1.165, 1.54) is 11.1 Å². The Morgan fingerprint density at radius 2 is 1.53 bits per heavy atom. The summed E-state index contributed by atoms with van der Waals surface area (Å²) in [6, 6.07) is 8.62. The van der Waals surface area contributed by atoms with Crippen molar-refractivity contribution in [2.24, 2.45) is 0 Å². The first-order valence-electron chi connectivity index (χ1n) is 11.9. The lowest BCUT2D eigenvalue weighted by Crippen LogP contribution is -2.45. The molecular formula is C25H39BN6O2. The quantitative estimate of drug-likeness (QED) is 0.578. The van der Waals surface area contributed by atoms with Crippen LogP contribution in [0.15, 0.2) is 24.3 Å². The molecule has 0 saturated carbocycles. The monoisotopic (exact) mass is 466 g/mol. The van der Waals surface area contributed by atoms with Gasteiger partial charge in [0.15, 0.2) is 0 Å².